The maximum Gasteiger partial charge on any atom is 0.471 e. The highest BCUT2D eigenvalue weighted by atomic mass is 32.2. The molecule has 2 rings (SSSR count). The molecule has 0 spiro atoms. The predicted molar refractivity (Wildman–Crippen MR) is 92.5 cm³/mol. The lowest BCUT2D eigenvalue weighted by Crippen LogP contribution is -2.43. The quantitative estimate of drug-likeness (QED) is 0.670. The summed E-state index contributed by atoms with van der Waals surface area (Å²) in [7, 11) is -3.78. The van der Waals surface area contributed by atoms with Crippen LogP contribution in [0.2, 0.25) is 0 Å². The molecule has 0 atom stereocenters. The van der Waals surface area contributed by atoms with Crippen molar-refractivity contribution in [2.24, 2.45) is 0 Å². The number of hydrogen-bond donors (Lipinski definition) is 1. The summed E-state index contributed by atoms with van der Waals surface area (Å²) >= 11 is 0. The molecule has 1 aliphatic rings. The summed E-state index contributed by atoms with van der Waals surface area (Å²) in [6.07, 6.45) is -3.30. The van der Waals surface area contributed by atoms with Crippen LogP contribution in [0.1, 0.15) is 30.9 Å². The number of hydrogen-bond acceptors (Lipinski definition) is 4. The van der Waals surface area contributed by atoms with Crippen LogP contribution < -0.4 is 4.72 Å². The van der Waals surface area contributed by atoms with Gasteiger partial charge in [-0.2, -0.15) is 13.2 Å². The first-order valence-electron chi connectivity index (χ1n) is 8.70. The van der Waals surface area contributed by atoms with E-state index in [4.69, 9.17) is 4.74 Å². The van der Waals surface area contributed by atoms with E-state index < -0.39 is 22.1 Å². The van der Waals surface area contributed by atoms with Crippen LogP contribution in [-0.2, 0) is 32.5 Å². The summed E-state index contributed by atoms with van der Waals surface area (Å²) in [6, 6.07) is 4.35. The van der Waals surface area contributed by atoms with Crippen molar-refractivity contribution < 1.29 is 31.1 Å². The number of nitrogens with one attached hydrogen (secondary N) is 1. The van der Waals surface area contributed by atoms with Crippen molar-refractivity contribution in [3.05, 3.63) is 29.3 Å². The summed E-state index contributed by atoms with van der Waals surface area (Å²) in [5.74, 6) is -1.91. The Morgan fingerprint density at radius 2 is 2.00 bits per heavy atom. The second-order valence-electron chi connectivity index (χ2n) is 6.27. The van der Waals surface area contributed by atoms with Crippen molar-refractivity contribution in [2.45, 2.75) is 43.8 Å². The van der Waals surface area contributed by atoms with Crippen LogP contribution in [0.4, 0.5) is 13.2 Å². The summed E-state index contributed by atoms with van der Waals surface area (Å²) in [4.78, 5) is 12.1. The Bertz CT molecular complexity index is 766. The van der Waals surface area contributed by atoms with E-state index in [1.165, 1.54) is 12.1 Å². The normalized spacial score (nSPS) is 14.9. The molecule has 1 amide bonds. The number of halogens is 3. The van der Waals surface area contributed by atoms with Crippen molar-refractivity contribution in [1.29, 1.82) is 0 Å². The first kappa shape index (κ1) is 21.6. The van der Waals surface area contributed by atoms with E-state index in [-0.39, 0.29) is 31.0 Å². The zero-order valence-corrected chi connectivity index (χ0v) is 15.8. The summed E-state index contributed by atoms with van der Waals surface area (Å²) in [5, 5.41) is 0. The predicted octanol–water partition coefficient (Wildman–Crippen LogP) is 2.23. The maximum absolute atomic E-state index is 12.6. The minimum absolute atomic E-state index is 0.0305. The number of fused-ring (bicyclic) bond motifs is 1. The van der Waals surface area contributed by atoms with Gasteiger partial charge >= 0.3 is 12.1 Å². The Morgan fingerprint density at radius 1 is 1.26 bits per heavy atom. The average molecular weight is 408 g/mol. The fourth-order valence-electron chi connectivity index (χ4n) is 2.76. The van der Waals surface area contributed by atoms with Gasteiger partial charge in [0.2, 0.25) is 10.0 Å². The van der Waals surface area contributed by atoms with Crippen molar-refractivity contribution in [3.63, 3.8) is 0 Å². The lowest BCUT2D eigenvalue weighted by Gasteiger charge is -2.29. The van der Waals surface area contributed by atoms with Gasteiger partial charge in [-0.3, -0.25) is 4.79 Å². The third-order valence-electron chi connectivity index (χ3n) is 4.14. The van der Waals surface area contributed by atoms with Crippen LogP contribution in [0.5, 0.6) is 0 Å². The van der Waals surface area contributed by atoms with Crippen LogP contribution >= 0.6 is 0 Å². The lowest BCUT2D eigenvalue weighted by atomic mass is 10.00. The monoisotopic (exact) mass is 408 g/mol. The fourth-order valence-corrected chi connectivity index (χ4v) is 3.89. The molecule has 0 unspecified atom stereocenters. The fraction of sp³-hybridized carbons (Fsp3) is 0.588. The highest BCUT2D eigenvalue weighted by molar-refractivity contribution is 7.89. The third-order valence-corrected chi connectivity index (χ3v) is 5.59. The van der Waals surface area contributed by atoms with Crippen LogP contribution in [0.15, 0.2) is 23.1 Å². The number of sulfonamides is 1. The van der Waals surface area contributed by atoms with Gasteiger partial charge in [-0.05, 0) is 42.5 Å². The molecular weight excluding hydrogens is 385 g/mol. The molecule has 0 saturated heterocycles. The smallest absolute Gasteiger partial charge is 0.381 e. The third kappa shape index (κ3) is 5.91. The van der Waals surface area contributed by atoms with Crippen molar-refractivity contribution >= 4 is 15.9 Å². The molecule has 0 bridgehead atoms. The number of benzene rings is 1. The summed E-state index contributed by atoms with van der Waals surface area (Å²) in [6.45, 7) is 2.92. The number of nitrogens with zero attached hydrogens (tertiary/aromatic N) is 1. The average Bonchev–Trinajstić information content (AvgIpc) is 2.62. The number of ether oxygens (including phenoxy) is 1. The zero-order chi connectivity index (χ0) is 20.1. The topological polar surface area (TPSA) is 75.7 Å². The Hall–Kier alpha value is -1.65. The van der Waals surface area contributed by atoms with Crippen LogP contribution in [0.25, 0.3) is 0 Å². The SMILES string of the molecule is CCCOCCCNS(=O)(=O)c1ccc2c(c1)CN(C(=O)C(F)(F)F)CC2. The molecule has 1 aliphatic heterocycles. The number of carbonyl (C=O) groups is 1. The van der Waals surface area contributed by atoms with Crippen molar-refractivity contribution in [2.75, 3.05) is 26.3 Å². The van der Waals surface area contributed by atoms with Crippen LogP contribution in [-0.4, -0.2) is 51.7 Å². The molecule has 1 aromatic rings. The Balaban J connectivity index is 2.03. The van der Waals surface area contributed by atoms with Crippen molar-refractivity contribution in [1.82, 2.24) is 9.62 Å². The van der Waals surface area contributed by atoms with E-state index in [0.29, 0.717) is 30.1 Å². The molecule has 0 radical (unpaired) electrons. The molecule has 0 saturated carbocycles. The summed E-state index contributed by atoms with van der Waals surface area (Å²) < 4.78 is 70.3. The van der Waals surface area contributed by atoms with Gasteiger partial charge in [0.25, 0.3) is 0 Å². The van der Waals surface area contributed by atoms with E-state index >= 15 is 0 Å². The standard InChI is InChI=1S/C17H23F3N2O4S/c1-2-9-26-10-3-7-21-27(24,25)15-5-4-13-6-8-22(12-14(13)11-15)16(23)17(18,19)20/h4-5,11,21H,2-3,6-10,12H2,1H3. The molecule has 1 aromatic carbocycles. The number of alkyl halides is 3. The largest absolute Gasteiger partial charge is 0.471 e. The number of carbonyl (C=O) groups excluding carboxylic acids is 1. The van der Waals surface area contributed by atoms with Gasteiger partial charge in [0.05, 0.1) is 4.90 Å². The van der Waals surface area contributed by atoms with Gasteiger partial charge in [0, 0.05) is 32.8 Å². The zero-order valence-electron chi connectivity index (χ0n) is 15.0. The molecular formula is C17H23F3N2O4S. The van der Waals surface area contributed by atoms with Gasteiger partial charge in [0.1, 0.15) is 0 Å². The highest BCUT2D eigenvalue weighted by Gasteiger charge is 2.43. The Morgan fingerprint density at radius 3 is 2.67 bits per heavy atom. The Labute approximate surface area is 156 Å². The molecule has 0 aliphatic carbocycles. The van der Waals surface area contributed by atoms with E-state index in [9.17, 15) is 26.4 Å². The molecule has 1 N–H and O–H groups in total. The van der Waals surface area contributed by atoms with Gasteiger partial charge in [-0.15, -0.1) is 0 Å². The van der Waals surface area contributed by atoms with Gasteiger partial charge in [0.15, 0.2) is 0 Å². The van der Waals surface area contributed by atoms with E-state index in [1.807, 2.05) is 6.92 Å². The molecule has 27 heavy (non-hydrogen) atoms. The van der Waals surface area contributed by atoms with E-state index in [2.05, 4.69) is 4.72 Å². The van der Waals surface area contributed by atoms with Gasteiger partial charge in [-0.1, -0.05) is 13.0 Å². The minimum Gasteiger partial charge on any atom is -0.381 e. The van der Waals surface area contributed by atoms with Crippen LogP contribution in [0, 0.1) is 0 Å². The molecule has 10 heteroatoms. The molecule has 0 fully saturated rings. The van der Waals surface area contributed by atoms with E-state index in [0.717, 1.165) is 12.0 Å². The number of rotatable bonds is 8. The first-order valence-corrected chi connectivity index (χ1v) is 10.2. The Kier molecular flexibility index (Phi) is 7.24. The first-order chi connectivity index (χ1) is 12.6. The maximum atomic E-state index is 12.6. The molecule has 6 nitrogen and oxygen atoms in total. The molecule has 0 aromatic heterocycles. The molecule has 152 valence electrons. The van der Waals surface area contributed by atoms with Crippen molar-refractivity contribution in [3.8, 4) is 0 Å². The van der Waals surface area contributed by atoms with Crippen LogP contribution in [0.3, 0.4) is 0 Å². The molecule has 1 heterocycles. The second kappa shape index (κ2) is 9.03. The van der Waals surface area contributed by atoms with Gasteiger partial charge in [-0.25, -0.2) is 13.1 Å². The lowest BCUT2D eigenvalue weighted by molar-refractivity contribution is -0.186. The van der Waals surface area contributed by atoms with E-state index in [1.54, 1.807) is 6.07 Å². The number of amides is 1. The summed E-state index contributed by atoms with van der Waals surface area (Å²) in [5.41, 5.74) is 1.15. The van der Waals surface area contributed by atoms with Gasteiger partial charge < -0.3 is 9.64 Å². The highest BCUT2D eigenvalue weighted by Crippen LogP contribution is 2.26. The second-order valence-corrected chi connectivity index (χ2v) is 8.04. The minimum atomic E-state index is -4.94.